The lowest BCUT2D eigenvalue weighted by Gasteiger charge is -2.19. The number of amides is 2. The number of sulfonamides is 1. The Balaban J connectivity index is 1.20. The first kappa shape index (κ1) is 24.8. The van der Waals surface area contributed by atoms with Gasteiger partial charge < -0.3 is 10.6 Å². The van der Waals surface area contributed by atoms with Gasteiger partial charge in [-0.25, -0.2) is 8.42 Å². The fraction of sp³-hybridized carbons (Fsp3) is 0.231. The molecule has 2 aromatic carbocycles. The smallest absolute Gasteiger partial charge is 0.265 e. The topological polar surface area (TPSA) is 95.6 Å². The average Bonchev–Trinajstić information content (AvgIpc) is 3.60. The Morgan fingerprint density at radius 1 is 1.03 bits per heavy atom. The molecule has 0 saturated carbocycles. The third kappa shape index (κ3) is 5.12. The van der Waals surface area contributed by atoms with Gasteiger partial charge in [-0.05, 0) is 65.3 Å². The minimum absolute atomic E-state index is 0.00892. The molecule has 2 N–H and O–H groups in total. The highest BCUT2D eigenvalue weighted by Gasteiger charge is 2.45. The Morgan fingerprint density at radius 2 is 1.78 bits per heavy atom. The molecule has 2 aliphatic heterocycles. The van der Waals surface area contributed by atoms with Crippen molar-refractivity contribution in [3.8, 4) is 11.1 Å². The fourth-order valence-electron chi connectivity index (χ4n) is 4.52. The van der Waals surface area contributed by atoms with Crippen LogP contribution in [-0.4, -0.2) is 48.3 Å². The van der Waals surface area contributed by atoms with Gasteiger partial charge in [-0.1, -0.05) is 36.9 Å². The van der Waals surface area contributed by atoms with Crippen LogP contribution < -0.4 is 10.6 Å². The van der Waals surface area contributed by atoms with Crippen molar-refractivity contribution < 1.29 is 18.0 Å². The predicted molar refractivity (Wildman–Crippen MR) is 145 cm³/mol. The molecule has 0 radical (unpaired) electrons. The van der Waals surface area contributed by atoms with Crippen LogP contribution in [0.2, 0.25) is 0 Å². The SMILES string of the molecule is C=CC(=O)NC1CC2CN(S(=O)(=O)c3ccc(NC(=O)c4cc(-c5ccccc5)cs4)cc3)CC2S1. The molecule has 10 heteroatoms. The van der Waals surface area contributed by atoms with E-state index in [1.165, 1.54) is 33.9 Å². The average molecular weight is 540 g/mol. The van der Waals surface area contributed by atoms with E-state index in [2.05, 4.69) is 17.2 Å². The maximum atomic E-state index is 13.2. The van der Waals surface area contributed by atoms with Crippen molar-refractivity contribution in [1.82, 2.24) is 9.62 Å². The molecule has 0 bridgehead atoms. The number of hydrogen-bond acceptors (Lipinski definition) is 6. The van der Waals surface area contributed by atoms with Crippen molar-refractivity contribution in [2.75, 3.05) is 18.4 Å². The highest BCUT2D eigenvalue weighted by molar-refractivity contribution is 8.00. The number of thioether (sulfide) groups is 1. The van der Waals surface area contributed by atoms with Crippen LogP contribution in [0.1, 0.15) is 16.1 Å². The van der Waals surface area contributed by atoms with Crippen molar-refractivity contribution in [3.05, 3.63) is 83.6 Å². The molecule has 0 aliphatic carbocycles. The highest BCUT2D eigenvalue weighted by atomic mass is 32.2. The molecular formula is C26H25N3O4S3. The van der Waals surface area contributed by atoms with Gasteiger partial charge in [0.25, 0.3) is 5.91 Å². The Kier molecular flexibility index (Phi) is 7.03. The van der Waals surface area contributed by atoms with Gasteiger partial charge in [-0.3, -0.25) is 9.59 Å². The van der Waals surface area contributed by atoms with Gasteiger partial charge in [0.15, 0.2) is 0 Å². The van der Waals surface area contributed by atoms with E-state index in [0.29, 0.717) is 23.7 Å². The predicted octanol–water partition coefficient (Wildman–Crippen LogP) is 4.42. The first-order chi connectivity index (χ1) is 17.3. The number of anilines is 1. The highest BCUT2D eigenvalue weighted by Crippen LogP contribution is 2.43. The summed E-state index contributed by atoms with van der Waals surface area (Å²) in [6, 6.07) is 18.0. The molecule has 3 heterocycles. The summed E-state index contributed by atoms with van der Waals surface area (Å²) in [6.45, 7) is 4.32. The van der Waals surface area contributed by atoms with Crippen molar-refractivity contribution in [2.24, 2.45) is 5.92 Å². The van der Waals surface area contributed by atoms with Gasteiger partial charge in [0, 0.05) is 24.0 Å². The molecule has 2 fully saturated rings. The van der Waals surface area contributed by atoms with Crippen LogP contribution in [0.5, 0.6) is 0 Å². The third-order valence-electron chi connectivity index (χ3n) is 6.37. The minimum Gasteiger partial charge on any atom is -0.341 e. The number of carbonyl (C=O) groups is 2. The van der Waals surface area contributed by atoms with E-state index >= 15 is 0 Å². The summed E-state index contributed by atoms with van der Waals surface area (Å²) in [5, 5.41) is 7.82. The second kappa shape index (κ2) is 10.2. The molecule has 3 atom stereocenters. The van der Waals surface area contributed by atoms with Crippen LogP contribution >= 0.6 is 23.1 Å². The van der Waals surface area contributed by atoms with Crippen LogP contribution in [0.15, 0.2) is 83.6 Å². The Hall–Kier alpha value is -2.92. The summed E-state index contributed by atoms with van der Waals surface area (Å²) in [6.07, 6.45) is 1.99. The van der Waals surface area contributed by atoms with Crippen LogP contribution in [0, 0.1) is 5.92 Å². The molecule has 186 valence electrons. The zero-order valence-corrected chi connectivity index (χ0v) is 21.7. The number of hydrogen-bond donors (Lipinski definition) is 2. The van der Waals surface area contributed by atoms with Crippen LogP contribution in [0.3, 0.4) is 0 Å². The summed E-state index contributed by atoms with van der Waals surface area (Å²) in [4.78, 5) is 25.0. The number of fused-ring (bicyclic) bond motifs is 1. The number of rotatable bonds is 7. The molecule has 7 nitrogen and oxygen atoms in total. The Morgan fingerprint density at radius 3 is 2.47 bits per heavy atom. The van der Waals surface area contributed by atoms with Crippen LogP contribution in [-0.2, 0) is 14.8 Å². The number of thiophene rings is 1. The minimum atomic E-state index is -3.64. The maximum absolute atomic E-state index is 13.2. The van der Waals surface area contributed by atoms with E-state index in [0.717, 1.165) is 17.5 Å². The van der Waals surface area contributed by atoms with Crippen molar-refractivity contribution in [1.29, 1.82) is 0 Å². The van der Waals surface area contributed by atoms with E-state index < -0.39 is 10.0 Å². The van der Waals surface area contributed by atoms with Gasteiger partial charge in [0.1, 0.15) is 0 Å². The monoisotopic (exact) mass is 539 g/mol. The molecule has 3 unspecified atom stereocenters. The van der Waals surface area contributed by atoms with Gasteiger partial charge >= 0.3 is 0 Å². The van der Waals surface area contributed by atoms with E-state index in [9.17, 15) is 18.0 Å². The lowest BCUT2D eigenvalue weighted by atomic mass is 10.1. The molecule has 1 aromatic heterocycles. The van der Waals surface area contributed by atoms with E-state index in [4.69, 9.17) is 0 Å². The molecule has 2 aliphatic rings. The maximum Gasteiger partial charge on any atom is 0.265 e. The lowest BCUT2D eigenvalue weighted by molar-refractivity contribution is -0.116. The third-order valence-corrected chi connectivity index (χ3v) is 10.7. The lowest BCUT2D eigenvalue weighted by Crippen LogP contribution is -2.33. The number of benzene rings is 2. The van der Waals surface area contributed by atoms with Gasteiger partial charge in [0.05, 0.1) is 15.1 Å². The molecule has 36 heavy (non-hydrogen) atoms. The largest absolute Gasteiger partial charge is 0.341 e. The summed E-state index contributed by atoms with van der Waals surface area (Å²) in [5.41, 5.74) is 2.56. The van der Waals surface area contributed by atoms with Gasteiger partial charge in [0.2, 0.25) is 15.9 Å². The first-order valence-corrected chi connectivity index (χ1v) is 14.7. The van der Waals surface area contributed by atoms with Crippen molar-refractivity contribution in [2.45, 2.75) is 21.9 Å². The summed E-state index contributed by atoms with van der Waals surface area (Å²) < 4.78 is 27.9. The first-order valence-electron chi connectivity index (χ1n) is 11.5. The second-order valence-electron chi connectivity index (χ2n) is 8.74. The molecule has 5 rings (SSSR count). The van der Waals surface area contributed by atoms with Gasteiger partial charge in [-0.2, -0.15) is 4.31 Å². The van der Waals surface area contributed by atoms with Crippen LogP contribution in [0.25, 0.3) is 11.1 Å². The van der Waals surface area contributed by atoms with Crippen LogP contribution in [0.4, 0.5) is 5.69 Å². The van der Waals surface area contributed by atoms with E-state index in [1.54, 1.807) is 23.9 Å². The summed E-state index contributed by atoms with van der Waals surface area (Å²) in [7, 11) is -3.64. The quantitative estimate of drug-likeness (QED) is 0.434. The van der Waals surface area contributed by atoms with E-state index in [1.807, 2.05) is 41.8 Å². The summed E-state index contributed by atoms with van der Waals surface area (Å²) in [5.74, 6) is -0.245. The van der Waals surface area contributed by atoms with E-state index in [-0.39, 0.29) is 33.3 Å². The standard InChI is InChI=1S/C26H25N3O4S3/c1-2-24(30)28-25-13-18-14-29(15-23(18)35-25)36(32,33)21-10-8-20(9-11-21)27-26(31)22-12-19(16-34-22)17-6-4-3-5-7-17/h2-12,16,18,23,25H,1,13-15H2,(H,27,31)(H,28,30). The van der Waals surface area contributed by atoms with Gasteiger partial charge in [-0.15, -0.1) is 23.1 Å². The molecule has 0 spiro atoms. The Labute approximate surface area is 218 Å². The zero-order valence-electron chi connectivity index (χ0n) is 19.3. The summed E-state index contributed by atoms with van der Waals surface area (Å²) >= 11 is 2.98. The van der Waals surface area contributed by atoms with Crippen molar-refractivity contribution in [3.63, 3.8) is 0 Å². The number of nitrogens with one attached hydrogen (secondary N) is 2. The molecule has 2 saturated heterocycles. The number of carbonyl (C=O) groups excluding carboxylic acids is 2. The fourth-order valence-corrected chi connectivity index (χ4v) is 8.60. The molecular weight excluding hydrogens is 515 g/mol. The zero-order chi connectivity index (χ0) is 25.3. The normalized spacial score (nSPS) is 21.6. The molecule has 3 aromatic rings. The Bertz CT molecular complexity index is 1370. The molecule has 2 amide bonds. The van der Waals surface area contributed by atoms with Crippen molar-refractivity contribution >= 4 is 50.6 Å². The number of nitrogens with zero attached hydrogens (tertiary/aromatic N) is 1. The second-order valence-corrected chi connectivity index (χ2v) is 13.0.